The van der Waals surface area contributed by atoms with Crippen molar-refractivity contribution in [1.29, 1.82) is 0 Å². The summed E-state index contributed by atoms with van der Waals surface area (Å²) in [5.41, 5.74) is 6.18. The largest absolute Gasteiger partial charge is 0.497 e. The van der Waals surface area contributed by atoms with E-state index in [1.54, 1.807) is 18.9 Å². The van der Waals surface area contributed by atoms with Crippen molar-refractivity contribution in [2.24, 2.45) is 0 Å². The van der Waals surface area contributed by atoms with Gasteiger partial charge in [0, 0.05) is 17.1 Å². The third-order valence-electron chi connectivity index (χ3n) is 6.04. The first-order valence-corrected chi connectivity index (χ1v) is 12.8. The number of amides is 2. The molecule has 0 aliphatic heterocycles. The number of hydrogen-bond acceptors (Lipinski definition) is 5. The van der Waals surface area contributed by atoms with Gasteiger partial charge in [-0.25, -0.2) is 4.79 Å². The van der Waals surface area contributed by atoms with E-state index in [2.05, 4.69) is 46.0 Å². The maximum absolute atomic E-state index is 12.8. The Bertz CT molecular complexity index is 1350. The van der Waals surface area contributed by atoms with Crippen molar-refractivity contribution in [3.8, 4) is 11.4 Å². The zero-order chi connectivity index (χ0) is 25.7. The van der Waals surface area contributed by atoms with Gasteiger partial charge in [0.2, 0.25) is 0 Å². The number of thioether (sulfide) groups is 1. The summed E-state index contributed by atoms with van der Waals surface area (Å²) in [5, 5.41) is 15.7. The first-order valence-electron chi connectivity index (χ1n) is 11.8. The number of methoxy groups -OCH3 is 1. The Morgan fingerprint density at radius 1 is 1.03 bits per heavy atom. The van der Waals surface area contributed by atoms with E-state index >= 15 is 0 Å². The van der Waals surface area contributed by atoms with E-state index in [0.717, 1.165) is 44.5 Å². The van der Waals surface area contributed by atoms with Gasteiger partial charge >= 0.3 is 6.03 Å². The number of carbonyl (C=O) groups excluding carboxylic acids is 1. The van der Waals surface area contributed by atoms with Crippen LogP contribution in [0.4, 0.5) is 10.5 Å². The molecular formula is C28H31N5O2S. The van der Waals surface area contributed by atoms with E-state index in [1.807, 2.05) is 73.9 Å². The Morgan fingerprint density at radius 2 is 1.78 bits per heavy atom. The summed E-state index contributed by atoms with van der Waals surface area (Å²) < 4.78 is 7.36. The summed E-state index contributed by atoms with van der Waals surface area (Å²) >= 11 is 1.59. The van der Waals surface area contributed by atoms with Gasteiger partial charge in [0.25, 0.3) is 0 Å². The molecular weight excluding hydrogens is 470 g/mol. The van der Waals surface area contributed by atoms with Gasteiger partial charge in [0.1, 0.15) is 5.75 Å². The second-order valence-corrected chi connectivity index (χ2v) is 9.66. The highest BCUT2D eigenvalue weighted by atomic mass is 32.2. The maximum Gasteiger partial charge on any atom is 0.319 e. The summed E-state index contributed by atoms with van der Waals surface area (Å²) in [6, 6.07) is 21.4. The van der Waals surface area contributed by atoms with E-state index < -0.39 is 0 Å². The molecule has 2 amide bonds. The van der Waals surface area contributed by atoms with Crippen LogP contribution in [0.5, 0.6) is 5.75 Å². The zero-order valence-corrected chi connectivity index (χ0v) is 22.0. The molecule has 0 spiro atoms. The quantitative estimate of drug-likeness (QED) is 0.274. The highest BCUT2D eigenvalue weighted by Gasteiger charge is 2.21. The maximum atomic E-state index is 12.8. The number of benzene rings is 3. The van der Waals surface area contributed by atoms with E-state index in [9.17, 15) is 4.79 Å². The van der Waals surface area contributed by atoms with Gasteiger partial charge in [-0.2, -0.15) is 0 Å². The minimum Gasteiger partial charge on any atom is -0.497 e. The average molecular weight is 502 g/mol. The Balaban J connectivity index is 1.57. The van der Waals surface area contributed by atoms with Crippen LogP contribution in [0, 0.1) is 20.8 Å². The topological polar surface area (TPSA) is 81.1 Å². The van der Waals surface area contributed by atoms with Crippen molar-refractivity contribution in [2.75, 3.05) is 12.4 Å². The number of nitrogens with one attached hydrogen (secondary N) is 2. The first kappa shape index (κ1) is 25.3. The van der Waals surface area contributed by atoms with E-state index in [4.69, 9.17) is 4.74 Å². The van der Waals surface area contributed by atoms with Gasteiger partial charge in [-0.15, -0.1) is 10.2 Å². The summed E-state index contributed by atoms with van der Waals surface area (Å²) in [7, 11) is 1.66. The van der Waals surface area contributed by atoms with Crippen molar-refractivity contribution in [2.45, 2.75) is 44.6 Å². The molecule has 0 aliphatic carbocycles. The molecule has 1 unspecified atom stereocenters. The molecule has 1 heterocycles. The molecule has 0 bridgehead atoms. The van der Waals surface area contributed by atoms with Gasteiger partial charge in [0.15, 0.2) is 11.0 Å². The van der Waals surface area contributed by atoms with Gasteiger partial charge in [-0.3, -0.25) is 4.57 Å². The standard InChI is InChI=1S/C28H31N5O2S/c1-18-12-14-23(15-13-18)33-26(21(4)29-27(34)30-25-11-6-8-19(2)20(25)3)31-32-28(33)36-17-22-9-7-10-24(16-22)35-5/h6-16,21H,17H2,1-5H3,(H2,29,30,34). The van der Waals surface area contributed by atoms with Crippen molar-refractivity contribution < 1.29 is 9.53 Å². The van der Waals surface area contributed by atoms with Gasteiger partial charge in [0.05, 0.1) is 13.2 Å². The van der Waals surface area contributed by atoms with Gasteiger partial charge in [-0.05, 0) is 74.7 Å². The van der Waals surface area contributed by atoms with Gasteiger partial charge in [-0.1, -0.05) is 53.7 Å². The average Bonchev–Trinajstić information content (AvgIpc) is 3.30. The van der Waals surface area contributed by atoms with Crippen LogP contribution in [-0.2, 0) is 5.75 Å². The molecule has 7 nitrogen and oxygen atoms in total. The highest BCUT2D eigenvalue weighted by molar-refractivity contribution is 7.98. The molecule has 0 aliphatic rings. The molecule has 2 N–H and O–H groups in total. The summed E-state index contributed by atoms with van der Waals surface area (Å²) in [6.45, 7) is 7.98. The van der Waals surface area contributed by atoms with Crippen LogP contribution < -0.4 is 15.4 Å². The molecule has 0 fully saturated rings. The molecule has 186 valence electrons. The Kier molecular flexibility index (Phi) is 7.95. The van der Waals surface area contributed by atoms with Crippen molar-refractivity contribution in [1.82, 2.24) is 20.1 Å². The van der Waals surface area contributed by atoms with Crippen LogP contribution >= 0.6 is 11.8 Å². The van der Waals surface area contributed by atoms with E-state index in [0.29, 0.717) is 11.6 Å². The third kappa shape index (κ3) is 5.88. The highest BCUT2D eigenvalue weighted by Crippen LogP contribution is 2.29. The number of rotatable bonds is 8. The van der Waals surface area contributed by atoms with Crippen LogP contribution in [0.2, 0.25) is 0 Å². The monoisotopic (exact) mass is 501 g/mol. The fourth-order valence-electron chi connectivity index (χ4n) is 3.81. The second-order valence-electron chi connectivity index (χ2n) is 8.72. The lowest BCUT2D eigenvalue weighted by Gasteiger charge is -2.18. The molecule has 3 aromatic carbocycles. The minimum absolute atomic E-state index is 0.291. The summed E-state index contributed by atoms with van der Waals surface area (Å²) in [4.78, 5) is 12.8. The molecule has 0 radical (unpaired) electrons. The van der Waals surface area contributed by atoms with Crippen molar-refractivity contribution in [3.05, 3.63) is 94.8 Å². The number of carbonyl (C=O) groups is 1. The zero-order valence-electron chi connectivity index (χ0n) is 21.2. The Labute approximate surface area is 216 Å². The molecule has 36 heavy (non-hydrogen) atoms. The van der Waals surface area contributed by atoms with Crippen LogP contribution in [0.15, 0.2) is 71.9 Å². The van der Waals surface area contributed by atoms with Crippen LogP contribution in [0.25, 0.3) is 5.69 Å². The SMILES string of the molecule is COc1cccc(CSc2nnc(C(C)NC(=O)Nc3cccc(C)c3C)n2-c2ccc(C)cc2)c1. The lowest BCUT2D eigenvalue weighted by atomic mass is 10.1. The number of hydrogen-bond donors (Lipinski definition) is 2. The number of ether oxygens (including phenoxy) is 1. The predicted octanol–water partition coefficient (Wildman–Crippen LogP) is 6.38. The van der Waals surface area contributed by atoms with Crippen molar-refractivity contribution in [3.63, 3.8) is 0 Å². The van der Waals surface area contributed by atoms with Crippen LogP contribution in [-0.4, -0.2) is 27.9 Å². The first-order chi connectivity index (χ1) is 17.4. The third-order valence-corrected chi connectivity index (χ3v) is 7.04. The molecule has 0 saturated carbocycles. The second kappa shape index (κ2) is 11.3. The fourth-order valence-corrected chi connectivity index (χ4v) is 4.71. The van der Waals surface area contributed by atoms with Crippen molar-refractivity contribution >= 4 is 23.5 Å². The van der Waals surface area contributed by atoms with E-state index in [1.165, 1.54) is 0 Å². The molecule has 1 atom stereocenters. The lowest BCUT2D eigenvalue weighted by Crippen LogP contribution is -2.32. The molecule has 4 aromatic rings. The summed E-state index contributed by atoms with van der Waals surface area (Å²) in [6.07, 6.45) is 0. The van der Waals surface area contributed by atoms with E-state index in [-0.39, 0.29) is 12.1 Å². The number of aromatic nitrogens is 3. The fraction of sp³-hybridized carbons (Fsp3) is 0.250. The summed E-state index contributed by atoms with van der Waals surface area (Å²) in [5.74, 6) is 2.18. The predicted molar refractivity (Wildman–Crippen MR) is 145 cm³/mol. The number of urea groups is 1. The smallest absolute Gasteiger partial charge is 0.319 e. The lowest BCUT2D eigenvalue weighted by molar-refractivity contribution is 0.248. The Hall–Kier alpha value is -3.78. The van der Waals surface area contributed by atoms with Crippen LogP contribution in [0.1, 0.15) is 41.0 Å². The molecule has 0 saturated heterocycles. The number of nitrogens with zero attached hydrogens (tertiary/aromatic N) is 3. The molecule has 8 heteroatoms. The van der Waals surface area contributed by atoms with Gasteiger partial charge < -0.3 is 15.4 Å². The molecule has 1 aromatic heterocycles. The minimum atomic E-state index is -0.380. The Morgan fingerprint density at radius 3 is 2.53 bits per heavy atom. The van der Waals surface area contributed by atoms with Crippen LogP contribution in [0.3, 0.4) is 0 Å². The number of aryl methyl sites for hydroxylation is 2. The molecule has 4 rings (SSSR count). The number of anilines is 1. The normalized spacial score (nSPS) is 11.7.